The first-order valence-electron chi connectivity index (χ1n) is 10.6. The number of nitrogens with one attached hydrogen (secondary N) is 1. The van der Waals surface area contributed by atoms with Crippen LogP contribution in [0.4, 0.5) is 0 Å². The van der Waals surface area contributed by atoms with E-state index in [0.717, 1.165) is 11.3 Å². The molecular weight excluding hydrogens is 422 g/mol. The van der Waals surface area contributed by atoms with Crippen LogP contribution >= 0.6 is 0 Å². The number of aliphatic hydroxyl groups excluding tert-OH is 1. The number of methoxy groups -OCH3 is 2. The van der Waals surface area contributed by atoms with Gasteiger partial charge in [0.05, 0.1) is 20.3 Å². The van der Waals surface area contributed by atoms with E-state index in [2.05, 4.69) is 39.2 Å². The predicted octanol–water partition coefficient (Wildman–Crippen LogP) is 4.95. The number of carbonyl (C=O) groups is 1. The molecule has 0 aromatic heterocycles. The summed E-state index contributed by atoms with van der Waals surface area (Å²) in [6, 6.07) is 12.8. The Balaban J connectivity index is 2.03. The minimum atomic E-state index is -2.00. The Bertz CT molecular complexity index is 950. The first-order valence-corrected chi connectivity index (χ1v) is 13.5. The average Bonchev–Trinajstić information content (AvgIpc) is 2.75. The molecular formula is C25H35NO5Si. The zero-order chi connectivity index (χ0) is 23.9. The first-order chi connectivity index (χ1) is 15.0. The second kappa shape index (κ2) is 10.7. The van der Waals surface area contributed by atoms with Crippen molar-refractivity contribution in [3.05, 3.63) is 59.7 Å². The van der Waals surface area contributed by atoms with E-state index < -0.39 is 14.4 Å². The number of rotatable bonds is 9. The van der Waals surface area contributed by atoms with Crippen LogP contribution in [0, 0.1) is 0 Å². The maximum Gasteiger partial charge on any atom is 0.250 e. The number of hydrogen-bond acceptors (Lipinski definition) is 5. The van der Waals surface area contributed by atoms with Crippen molar-refractivity contribution in [3.63, 3.8) is 0 Å². The second-order valence-corrected chi connectivity index (χ2v) is 13.8. The summed E-state index contributed by atoms with van der Waals surface area (Å²) in [7, 11) is 1.08. The Morgan fingerprint density at radius 1 is 1.06 bits per heavy atom. The van der Waals surface area contributed by atoms with E-state index in [9.17, 15) is 9.90 Å². The molecule has 0 radical (unpaired) electrons. The molecule has 0 bridgehead atoms. The molecule has 1 amide bonds. The van der Waals surface area contributed by atoms with E-state index in [1.807, 2.05) is 24.3 Å². The van der Waals surface area contributed by atoms with E-state index in [1.54, 1.807) is 31.4 Å². The molecule has 7 heteroatoms. The lowest BCUT2D eigenvalue weighted by molar-refractivity contribution is -0.116. The summed E-state index contributed by atoms with van der Waals surface area (Å²) in [6.07, 6.45) is 2.32. The number of amides is 1. The lowest BCUT2D eigenvalue weighted by atomic mass is 10.1. The van der Waals surface area contributed by atoms with Gasteiger partial charge in [0, 0.05) is 18.2 Å². The number of para-hydroxylation sites is 1. The van der Waals surface area contributed by atoms with E-state index in [1.165, 1.54) is 13.2 Å². The van der Waals surface area contributed by atoms with Gasteiger partial charge in [0.25, 0.3) is 8.32 Å². The van der Waals surface area contributed by atoms with Crippen LogP contribution in [0.25, 0.3) is 6.08 Å². The molecule has 6 nitrogen and oxygen atoms in total. The molecule has 2 aromatic carbocycles. The second-order valence-electron chi connectivity index (χ2n) is 9.11. The normalized spacial score (nSPS) is 13.0. The molecule has 0 saturated carbocycles. The highest BCUT2D eigenvalue weighted by Gasteiger charge is 2.39. The fraction of sp³-hybridized carbons (Fsp3) is 0.400. The lowest BCUT2D eigenvalue weighted by Gasteiger charge is -2.36. The fourth-order valence-electron chi connectivity index (χ4n) is 2.74. The van der Waals surface area contributed by atoms with Gasteiger partial charge in [0.2, 0.25) is 5.91 Å². The minimum Gasteiger partial charge on any atom is -0.543 e. The first kappa shape index (κ1) is 25.5. The summed E-state index contributed by atoms with van der Waals surface area (Å²) in [4.78, 5) is 12.3. The van der Waals surface area contributed by atoms with E-state index >= 15 is 0 Å². The topological polar surface area (TPSA) is 77.0 Å². The molecule has 0 aliphatic heterocycles. The summed E-state index contributed by atoms with van der Waals surface area (Å²) in [5.41, 5.74) is 1.47. The van der Waals surface area contributed by atoms with Crippen molar-refractivity contribution < 1.29 is 23.8 Å². The summed E-state index contributed by atoms with van der Waals surface area (Å²) >= 11 is 0. The maximum atomic E-state index is 12.3. The van der Waals surface area contributed by atoms with Crippen molar-refractivity contribution >= 4 is 20.3 Å². The van der Waals surface area contributed by atoms with Gasteiger partial charge in [0.15, 0.2) is 11.5 Å². The smallest absolute Gasteiger partial charge is 0.250 e. The van der Waals surface area contributed by atoms with Crippen molar-refractivity contribution in [2.75, 3.05) is 20.8 Å². The third-order valence-electron chi connectivity index (χ3n) is 5.77. The SMILES string of the molecule is COc1ccc([C@H](O)CNC(=O)/C=C/c2ccccc2O[Si](C)(C)C(C)(C)C)cc1OC. The van der Waals surface area contributed by atoms with Crippen molar-refractivity contribution in [3.8, 4) is 17.2 Å². The van der Waals surface area contributed by atoms with Gasteiger partial charge in [0.1, 0.15) is 5.75 Å². The van der Waals surface area contributed by atoms with Crippen LogP contribution in [0.2, 0.25) is 18.1 Å². The molecule has 0 fully saturated rings. The third-order valence-corrected chi connectivity index (χ3v) is 10.1. The Kier molecular flexibility index (Phi) is 8.52. The summed E-state index contributed by atoms with van der Waals surface area (Å²) in [5.74, 6) is 1.57. The van der Waals surface area contributed by atoms with Crippen LogP contribution in [0.5, 0.6) is 17.2 Å². The highest BCUT2D eigenvalue weighted by Crippen LogP contribution is 2.38. The highest BCUT2D eigenvalue weighted by molar-refractivity contribution is 6.74. The number of hydrogen-bond donors (Lipinski definition) is 2. The molecule has 2 N–H and O–H groups in total. The van der Waals surface area contributed by atoms with Crippen LogP contribution in [-0.4, -0.2) is 40.1 Å². The minimum absolute atomic E-state index is 0.0702. The summed E-state index contributed by atoms with van der Waals surface area (Å²) in [5, 5.41) is 13.2. The van der Waals surface area contributed by atoms with Crippen LogP contribution in [0.15, 0.2) is 48.5 Å². The van der Waals surface area contributed by atoms with Gasteiger partial charge < -0.3 is 24.3 Å². The summed E-state index contributed by atoms with van der Waals surface area (Å²) in [6.45, 7) is 11.0. The van der Waals surface area contributed by atoms with Gasteiger partial charge >= 0.3 is 0 Å². The zero-order valence-electron chi connectivity index (χ0n) is 20.1. The predicted molar refractivity (Wildman–Crippen MR) is 131 cm³/mol. The van der Waals surface area contributed by atoms with Gasteiger partial charge in [-0.05, 0) is 48.0 Å². The molecule has 0 aliphatic rings. The Labute approximate surface area is 192 Å². The molecule has 174 valence electrons. The number of benzene rings is 2. The third kappa shape index (κ3) is 6.61. The quantitative estimate of drug-likeness (QED) is 0.411. The molecule has 0 heterocycles. The largest absolute Gasteiger partial charge is 0.543 e. The van der Waals surface area contributed by atoms with Crippen LogP contribution in [0.1, 0.15) is 38.0 Å². The van der Waals surface area contributed by atoms with E-state index in [4.69, 9.17) is 13.9 Å². The Morgan fingerprint density at radius 2 is 1.72 bits per heavy atom. The molecule has 0 unspecified atom stereocenters. The van der Waals surface area contributed by atoms with Crippen molar-refractivity contribution in [1.29, 1.82) is 0 Å². The molecule has 32 heavy (non-hydrogen) atoms. The van der Waals surface area contributed by atoms with Crippen molar-refractivity contribution in [2.45, 2.75) is 45.0 Å². The van der Waals surface area contributed by atoms with E-state index in [0.29, 0.717) is 17.1 Å². The zero-order valence-corrected chi connectivity index (χ0v) is 21.1. The van der Waals surface area contributed by atoms with Gasteiger partial charge in [-0.1, -0.05) is 45.0 Å². The fourth-order valence-corrected chi connectivity index (χ4v) is 3.78. The Morgan fingerprint density at radius 3 is 2.34 bits per heavy atom. The lowest BCUT2D eigenvalue weighted by Crippen LogP contribution is -2.44. The molecule has 0 saturated heterocycles. The van der Waals surface area contributed by atoms with Crippen LogP contribution in [-0.2, 0) is 4.79 Å². The molecule has 0 aliphatic carbocycles. The monoisotopic (exact) mass is 457 g/mol. The van der Waals surface area contributed by atoms with Gasteiger partial charge in [-0.3, -0.25) is 4.79 Å². The van der Waals surface area contributed by atoms with Gasteiger partial charge in [-0.2, -0.15) is 0 Å². The Hall–Kier alpha value is -2.77. The van der Waals surface area contributed by atoms with Gasteiger partial charge in [-0.25, -0.2) is 0 Å². The average molecular weight is 458 g/mol. The molecule has 0 spiro atoms. The number of aliphatic hydroxyl groups is 1. The van der Waals surface area contributed by atoms with Crippen LogP contribution < -0.4 is 19.2 Å². The molecule has 2 rings (SSSR count). The van der Waals surface area contributed by atoms with E-state index in [-0.39, 0.29) is 17.5 Å². The van der Waals surface area contributed by atoms with Crippen molar-refractivity contribution in [2.24, 2.45) is 0 Å². The standard InChI is InChI=1S/C25H35NO5Si/c1-25(2,3)32(6,7)31-21-11-9-8-10-18(21)13-15-24(28)26-17-20(27)19-12-14-22(29-4)23(16-19)30-5/h8-16,20,27H,17H2,1-7H3,(H,26,28)/b15-13+/t20-/m1/s1. The maximum absolute atomic E-state index is 12.3. The van der Waals surface area contributed by atoms with Gasteiger partial charge in [-0.15, -0.1) is 0 Å². The molecule has 1 atom stereocenters. The summed E-state index contributed by atoms with van der Waals surface area (Å²) < 4.78 is 16.9. The number of ether oxygens (including phenoxy) is 2. The highest BCUT2D eigenvalue weighted by atomic mass is 28.4. The molecule has 2 aromatic rings. The van der Waals surface area contributed by atoms with Crippen molar-refractivity contribution in [1.82, 2.24) is 5.32 Å². The number of carbonyl (C=O) groups excluding carboxylic acids is 1. The van der Waals surface area contributed by atoms with Crippen LogP contribution in [0.3, 0.4) is 0 Å².